The quantitative estimate of drug-likeness (QED) is 0.209. The molecule has 8 rings (SSSR count). The van der Waals surface area contributed by atoms with Crippen molar-refractivity contribution in [1.82, 2.24) is 0 Å². The van der Waals surface area contributed by atoms with Gasteiger partial charge in [-0.15, -0.1) is 0 Å². The molecule has 0 aromatic carbocycles. The summed E-state index contributed by atoms with van der Waals surface area (Å²) in [7, 11) is -5.17. The Labute approximate surface area is 340 Å². The first kappa shape index (κ1) is 42.9. The van der Waals surface area contributed by atoms with Gasteiger partial charge in [0.05, 0.1) is 12.2 Å². The van der Waals surface area contributed by atoms with Gasteiger partial charge in [-0.1, -0.05) is 27.7 Å². The summed E-state index contributed by atoms with van der Waals surface area (Å²) in [6, 6.07) is 0. The van der Waals surface area contributed by atoms with Gasteiger partial charge in [-0.05, 0) is 161 Å². The molecule has 8 fully saturated rings. The largest absolute Gasteiger partial charge is 1.00 e. The van der Waals surface area contributed by atoms with Crippen LogP contribution in [0.1, 0.15) is 143 Å². The SMILES string of the molecule is C[C@]12CC[C@H](O)CC1CCC1C2CC[C@]2(C)C(=O)CCC12.C[C@]12CC[C@H](O)CC1CC[C@@H]1C3CCC(=O)[C@@]3(C)CC[C@H]12.O=S(=O)([O-])[O-].[Na+].[Na+]. The number of hydrogen-bond acceptors (Lipinski definition) is 8. The minimum Gasteiger partial charge on any atom is -0.759 e. The Bertz CT molecular complexity index is 1240. The molecule has 0 heterocycles. The molecule has 49 heavy (non-hydrogen) atoms. The fraction of sp³-hybridized carbons (Fsp3) is 0.947. The zero-order chi connectivity index (χ0) is 34.2. The van der Waals surface area contributed by atoms with Crippen LogP contribution in [0.25, 0.3) is 0 Å². The monoisotopic (exact) mass is 722 g/mol. The summed E-state index contributed by atoms with van der Waals surface area (Å²) in [5.41, 5.74) is 0.904. The van der Waals surface area contributed by atoms with E-state index in [-0.39, 0.29) is 82.2 Å². The molecule has 0 radical (unpaired) electrons. The molecule has 2 N–H and O–H groups in total. The molecular weight excluding hydrogens is 662 g/mol. The van der Waals surface area contributed by atoms with Gasteiger partial charge >= 0.3 is 59.1 Å². The average Bonchev–Trinajstić information content (AvgIpc) is 3.47. The van der Waals surface area contributed by atoms with E-state index >= 15 is 0 Å². The van der Waals surface area contributed by atoms with E-state index in [0.29, 0.717) is 34.2 Å². The topological polar surface area (TPSA) is 155 Å². The maximum atomic E-state index is 12.4. The van der Waals surface area contributed by atoms with Crippen LogP contribution in [0.3, 0.4) is 0 Å². The maximum Gasteiger partial charge on any atom is 1.00 e. The van der Waals surface area contributed by atoms with Crippen LogP contribution in [0, 0.1) is 69.0 Å². The fourth-order valence-corrected chi connectivity index (χ4v) is 14.0. The predicted molar refractivity (Wildman–Crippen MR) is 176 cm³/mol. The normalized spacial score (nSPS) is 49.6. The Morgan fingerprint density at radius 1 is 0.551 bits per heavy atom. The summed E-state index contributed by atoms with van der Waals surface area (Å²) in [5.74, 6) is 7.07. The minimum absolute atomic E-state index is 0. The molecule has 0 aliphatic heterocycles. The predicted octanol–water partition coefficient (Wildman–Crippen LogP) is 0.588. The Morgan fingerprint density at radius 2 is 0.898 bits per heavy atom. The van der Waals surface area contributed by atoms with Crippen molar-refractivity contribution in [3.63, 3.8) is 0 Å². The van der Waals surface area contributed by atoms with Gasteiger partial charge in [0.2, 0.25) is 0 Å². The maximum absolute atomic E-state index is 12.4. The van der Waals surface area contributed by atoms with Gasteiger partial charge in [-0.3, -0.25) is 18.0 Å². The molecule has 6 unspecified atom stereocenters. The Morgan fingerprint density at radius 3 is 1.24 bits per heavy atom. The minimum atomic E-state index is -5.17. The van der Waals surface area contributed by atoms with Crippen LogP contribution >= 0.6 is 0 Å². The number of ketones is 2. The Kier molecular flexibility index (Phi) is 13.7. The average molecular weight is 723 g/mol. The van der Waals surface area contributed by atoms with Gasteiger partial charge in [0.1, 0.15) is 11.6 Å². The van der Waals surface area contributed by atoms with Crippen molar-refractivity contribution in [1.29, 1.82) is 0 Å². The molecule has 8 saturated carbocycles. The number of aliphatic hydroxyl groups is 2. The van der Waals surface area contributed by atoms with Crippen molar-refractivity contribution in [2.45, 2.75) is 155 Å². The van der Waals surface area contributed by atoms with Crippen molar-refractivity contribution in [3.05, 3.63) is 0 Å². The van der Waals surface area contributed by atoms with Crippen molar-refractivity contribution < 1.29 is 96.4 Å². The van der Waals surface area contributed by atoms with E-state index in [2.05, 4.69) is 27.7 Å². The van der Waals surface area contributed by atoms with E-state index in [0.717, 1.165) is 99.7 Å². The van der Waals surface area contributed by atoms with E-state index in [1.54, 1.807) is 0 Å². The molecule has 14 atom stereocenters. The third kappa shape index (κ3) is 7.95. The molecule has 0 aromatic heterocycles. The van der Waals surface area contributed by atoms with Crippen LogP contribution in [0.5, 0.6) is 0 Å². The summed E-state index contributed by atoms with van der Waals surface area (Å²) < 4.78 is 34.1. The number of hydrogen-bond donors (Lipinski definition) is 2. The van der Waals surface area contributed by atoms with Gasteiger partial charge in [0, 0.05) is 34.1 Å². The molecule has 8 aliphatic rings. The number of Topliss-reactive ketones (excluding diaryl/α,β-unsaturated/α-hetero) is 2. The number of carbonyl (C=O) groups is 2. The first-order valence-corrected chi connectivity index (χ1v) is 20.3. The number of carbonyl (C=O) groups excluding carboxylic acids is 2. The Balaban J connectivity index is 0.000000188. The summed E-state index contributed by atoms with van der Waals surface area (Å²) in [5, 5.41) is 20.1. The third-order valence-corrected chi connectivity index (χ3v) is 16.7. The molecule has 0 aromatic rings. The van der Waals surface area contributed by atoms with Crippen molar-refractivity contribution in [2.24, 2.45) is 69.0 Å². The molecule has 0 spiro atoms. The van der Waals surface area contributed by atoms with Gasteiger partial charge in [-0.25, -0.2) is 0 Å². The van der Waals surface area contributed by atoms with E-state index in [1.807, 2.05) is 0 Å². The summed E-state index contributed by atoms with van der Waals surface area (Å²) in [4.78, 5) is 24.8. The number of rotatable bonds is 0. The first-order valence-electron chi connectivity index (χ1n) is 19.0. The molecule has 268 valence electrons. The van der Waals surface area contributed by atoms with Crippen LogP contribution in [-0.2, 0) is 20.0 Å². The van der Waals surface area contributed by atoms with Crippen molar-refractivity contribution >= 4 is 22.0 Å². The van der Waals surface area contributed by atoms with E-state index in [4.69, 9.17) is 17.5 Å². The molecule has 0 amide bonds. The molecule has 8 nitrogen and oxygen atoms in total. The van der Waals surface area contributed by atoms with Crippen LogP contribution in [-0.4, -0.2) is 51.5 Å². The van der Waals surface area contributed by atoms with Crippen LogP contribution in [0.15, 0.2) is 0 Å². The second kappa shape index (κ2) is 15.7. The van der Waals surface area contributed by atoms with Crippen LogP contribution in [0.2, 0.25) is 0 Å². The Hall–Kier alpha value is 1.13. The van der Waals surface area contributed by atoms with E-state index < -0.39 is 10.4 Å². The smallest absolute Gasteiger partial charge is 0.759 e. The second-order valence-corrected chi connectivity index (χ2v) is 19.2. The van der Waals surface area contributed by atoms with Gasteiger partial charge in [0.25, 0.3) is 0 Å². The van der Waals surface area contributed by atoms with Crippen molar-refractivity contribution in [3.8, 4) is 0 Å². The zero-order valence-electron chi connectivity index (χ0n) is 31.3. The molecule has 11 heteroatoms. The second-order valence-electron chi connectivity index (χ2n) is 18.4. The first-order chi connectivity index (χ1) is 21.9. The molecule has 0 saturated heterocycles. The van der Waals surface area contributed by atoms with Crippen LogP contribution in [0.4, 0.5) is 0 Å². The summed E-state index contributed by atoms with van der Waals surface area (Å²) in [6.45, 7) is 9.56. The van der Waals surface area contributed by atoms with Gasteiger partial charge in [-0.2, -0.15) is 0 Å². The number of aliphatic hydroxyl groups excluding tert-OH is 2. The summed E-state index contributed by atoms with van der Waals surface area (Å²) >= 11 is 0. The molecule has 8 aliphatic carbocycles. The van der Waals surface area contributed by atoms with E-state index in [1.165, 1.54) is 51.4 Å². The molecular formula is C38H60Na2O8S. The van der Waals surface area contributed by atoms with E-state index in [9.17, 15) is 19.8 Å². The van der Waals surface area contributed by atoms with Gasteiger partial charge < -0.3 is 19.3 Å². The van der Waals surface area contributed by atoms with Crippen LogP contribution < -0.4 is 59.1 Å². The van der Waals surface area contributed by atoms with Crippen molar-refractivity contribution in [2.75, 3.05) is 0 Å². The number of fused-ring (bicyclic) bond motifs is 10. The fourth-order valence-electron chi connectivity index (χ4n) is 14.0. The third-order valence-electron chi connectivity index (χ3n) is 16.7. The standard InChI is InChI=1S/2C19H30O2.2Na.H2O4S/c2*1-18-9-7-13(20)11-12(18)3-4-14-15-5-6-17(21)19(15,2)10-8-16(14)18;;;1-5(2,3)4/h2*12-16,20H,3-11H2,1-2H3;;;(H2,1,2,3,4)/q;;2*+1;/p-2/t12?,13-,14?,15?,16?,18-,19-;12?,13-,14+,15?,16+,18-,19-;;;/m00.../s1. The summed E-state index contributed by atoms with van der Waals surface area (Å²) in [6.07, 6.45) is 20.3. The van der Waals surface area contributed by atoms with Gasteiger partial charge in [0.15, 0.2) is 0 Å². The molecule has 0 bridgehead atoms. The zero-order valence-corrected chi connectivity index (χ0v) is 36.1.